The number of hydrogen-bond donors (Lipinski definition) is 1. The molecule has 0 radical (unpaired) electrons. The lowest BCUT2D eigenvalue weighted by Gasteiger charge is -2.48. The third kappa shape index (κ3) is 3.96. The SMILES string of the molecule is COCCN(C(C)C1CC1)C1(CN)CCCCCCC1. The molecule has 2 aliphatic rings. The highest BCUT2D eigenvalue weighted by Crippen LogP contribution is 2.40. The van der Waals surface area contributed by atoms with Gasteiger partial charge in [0.2, 0.25) is 0 Å². The van der Waals surface area contributed by atoms with Crippen LogP contribution < -0.4 is 5.73 Å². The molecule has 0 spiro atoms. The zero-order valence-corrected chi connectivity index (χ0v) is 13.6. The summed E-state index contributed by atoms with van der Waals surface area (Å²) in [6, 6.07) is 0.674. The standard InChI is InChI=1S/C17H34N2O/c1-15(16-8-9-16)19(12-13-20-2)17(14-18)10-6-4-3-5-7-11-17/h15-16H,3-14,18H2,1-2H3. The predicted molar refractivity (Wildman–Crippen MR) is 84.9 cm³/mol. The first-order valence-electron chi connectivity index (χ1n) is 8.69. The minimum absolute atomic E-state index is 0.237. The quantitative estimate of drug-likeness (QED) is 0.779. The molecule has 0 aliphatic heterocycles. The van der Waals surface area contributed by atoms with Gasteiger partial charge in [0.05, 0.1) is 6.61 Å². The van der Waals surface area contributed by atoms with Crippen LogP contribution in [-0.4, -0.2) is 43.3 Å². The maximum absolute atomic E-state index is 6.31. The van der Waals surface area contributed by atoms with Crippen molar-refractivity contribution in [3.05, 3.63) is 0 Å². The van der Waals surface area contributed by atoms with Gasteiger partial charge in [-0.2, -0.15) is 0 Å². The molecular formula is C17H34N2O. The van der Waals surface area contributed by atoms with Crippen LogP contribution in [0.2, 0.25) is 0 Å². The summed E-state index contributed by atoms with van der Waals surface area (Å²) in [4.78, 5) is 2.74. The molecule has 2 saturated carbocycles. The molecule has 1 unspecified atom stereocenters. The van der Waals surface area contributed by atoms with Crippen LogP contribution in [0.15, 0.2) is 0 Å². The smallest absolute Gasteiger partial charge is 0.0590 e. The number of nitrogens with two attached hydrogens (primary N) is 1. The van der Waals surface area contributed by atoms with E-state index in [0.29, 0.717) is 6.04 Å². The van der Waals surface area contributed by atoms with Crippen LogP contribution in [0, 0.1) is 5.92 Å². The molecule has 0 heterocycles. The predicted octanol–water partition coefficient (Wildman–Crippen LogP) is 3.18. The highest BCUT2D eigenvalue weighted by Gasteiger charge is 2.42. The topological polar surface area (TPSA) is 38.5 Å². The zero-order chi connectivity index (χ0) is 14.4. The van der Waals surface area contributed by atoms with Gasteiger partial charge in [-0.1, -0.05) is 32.1 Å². The molecular weight excluding hydrogens is 248 g/mol. The second kappa shape index (κ2) is 7.77. The molecule has 2 N–H and O–H groups in total. The summed E-state index contributed by atoms with van der Waals surface area (Å²) >= 11 is 0. The molecule has 20 heavy (non-hydrogen) atoms. The summed E-state index contributed by atoms with van der Waals surface area (Å²) in [7, 11) is 1.81. The van der Waals surface area contributed by atoms with Crippen LogP contribution in [-0.2, 0) is 4.74 Å². The first kappa shape index (κ1) is 16.3. The fourth-order valence-corrected chi connectivity index (χ4v) is 4.07. The number of rotatable bonds is 7. The number of ether oxygens (including phenoxy) is 1. The molecule has 1 atom stereocenters. The van der Waals surface area contributed by atoms with Crippen molar-refractivity contribution >= 4 is 0 Å². The van der Waals surface area contributed by atoms with E-state index in [1.807, 2.05) is 7.11 Å². The second-order valence-electron chi connectivity index (χ2n) is 6.96. The van der Waals surface area contributed by atoms with E-state index in [2.05, 4.69) is 11.8 Å². The van der Waals surface area contributed by atoms with E-state index in [9.17, 15) is 0 Å². The molecule has 2 rings (SSSR count). The zero-order valence-electron chi connectivity index (χ0n) is 13.6. The Hall–Kier alpha value is -0.120. The van der Waals surface area contributed by atoms with E-state index in [0.717, 1.165) is 25.6 Å². The van der Waals surface area contributed by atoms with Crippen LogP contribution >= 0.6 is 0 Å². The first-order chi connectivity index (χ1) is 9.73. The Bertz CT molecular complexity index is 270. The van der Waals surface area contributed by atoms with Crippen molar-refractivity contribution in [2.45, 2.75) is 76.3 Å². The lowest BCUT2D eigenvalue weighted by atomic mass is 9.81. The Labute approximate surface area is 125 Å². The van der Waals surface area contributed by atoms with Gasteiger partial charge in [-0.3, -0.25) is 4.90 Å². The van der Waals surface area contributed by atoms with Gasteiger partial charge in [-0.15, -0.1) is 0 Å². The molecule has 3 nitrogen and oxygen atoms in total. The molecule has 3 heteroatoms. The van der Waals surface area contributed by atoms with Gasteiger partial charge in [0.1, 0.15) is 0 Å². The van der Waals surface area contributed by atoms with Gasteiger partial charge in [0.15, 0.2) is 0 Å². The Morgan fingerprint density at radius 3 is 2.25 bits per heavy atom. The fraction of sp³-hybridized carbons (Fsp3) is 1.00. The summed E-state index contributed by atoms with van der Waals surface area (Å²) < 4.78 is 5.38. The Morgan fingerprint density at radius 2 is 1.75 bits per heavy atom. The van der Waals surface area contributed by atoms with Crippen molar-refractivity contribution in [2.75, 3.05) is 26.8 Å². The fourth-order valence-electron chi connectivity index (χ4n) is 4.07. The van der Waals surface area contributed by atoms with Crippen LogP contribution in [0.3, 0.4) is 0 Å². The van der Waals surface area contributed by atoms with Gasteiger partial charge in [0.25, 0.3) is 0 Å². The molecule has 0 saturated heterocycles. The van der Waals surface area contributed by atoms with Crippen molar-refractivity contribution in [3.63, 3.8) is 0 Å². The Kier molecular flexibility index (Phi) is 6.31. The molecule has 0 bridgehead atoms. The number of hydrogen-bond acceptors (Lipinski definition) is 3. The average molecular weight is 282 g/mol. The lowest BCUT2D eigenvalue weighted by molar-refractivity contribution is 0.00468. The van der Waals surface area contributed by atoms with Gasteiger partial charge in [-0.05, 0) is 38.5 Å². The minimum atomic E-state index is 0.237. The monoisotopic (exact) mass is 282 g/mol. The maximum atomic E-state index is 6.31. The lowest BCUT2D eigenvalue weighted by Crippen LogP contribution is -2.58. The van der Waals surface area contributed by atoms with Crippen molar-refractivity contribution in [1.82, 2.24) is 4.90 Å². The number of methoxy groups -OCH3 is 1. The summed E-state index contributed by atoms with van der Waals surface area (Å²) in [5, 5.41) is 0. The first-order valence-corrected chi connectivity index (χ1v) is 8.69. The van der Waals surface area contributed by atoms with Crippen molar-refractivity contribution in [2.24, 2.45) is 11.7 Å². The van der Waals surface area contributed by atoms with Crippen LogP contribution in [0.25, 0.3) is 0 Å². The molecule has 0 aromatic rings. The van der Waals surface area contributed by atoms with Crippen molar-refractivity contribution in [1.29, 1.82) is 0 Å². The Balaban J connectivity index is 2.11. The normalized spacial score (nSPS) is 25.2. The van der Waals surface area contributed by atoms with E-state index >= 15 is 0 Å². The summed E-state index contributed by atoms with van der Waals surface area (Å²) in [6.45, 7) is 5.11. The van der Waals surface area contributed by atoms with Gasteiger partial charge in [0, 0.05) is 31.8 Å². The third-order valence-corrected chi connectivity index (χ3v) is 5.61. The van der Waals surface area contributed by atoms with E-state index in [1.54, 1.807) is 0 Å². The largest absolute Gasteiger partial charge is 0.383 e. The van der Waals surface area contributed by atoms with Crippen molar-refractivity contribution < 1.29 is 4.74 Å². The third-order valence-electron chi connectivity index (χ3n) is 5.61. The van der Waals surface area contributed by atoms with Crippen LogP contribution in [0.4, 0.5) is 0 Å². The minimum Gasteiger partial charge on any atom is -0.383 e. The van der Waals surface area contributed by atoms with Crippen molar-refractivity contribution in [3.8, 4) is 0 Å². The van der Waals surface area contributed by atoms with E-state index in [4.69, 9.17) is 10.5 Å². The maximum Gasteiger partial charge on any atom is 0.0590 e. The highest BCUT2D eigenvalue weighted by atomic mass is 16.5. The van der Waals surface area contributed by atoms with Gasteiger partial charge in [-0.25, -0.2) is 0 Å². The second-order valence-corrected chi connectivity index (χ2v) is 6.96. The van der Waals surface area contributed by atoms with E-state index < -0.39 is 0 Å². The van der Waals surface area contributed by atoms with Crippen LogP contribution in [0.1, 0.15) is 64.7 Å². The van der Waals surface area contributed by atoms with Gasteiger partial charge < -0.3 is 10.5 Å². The summed E-state index contributed by atoms with van der Waals surface area (Å²) in [5.74, 6) is 0.903. The molecule has 0 amide bonds. The summed E-state index contributed by atoms with van der Waals surface area (Å²) in [5.41, 5.74) is 6.54. The molecule has 0 aromatic heterocycles. The van der Waals surface area contributed by atoms with E-state index in [-0.39, 0.29) is 5.54 Å². The van der Waals surface area contributed by atoms with Crippen LogP contribution in [0.5, 0.6) is 0 Å². The molecule has 2 fully saturated rings. The molecule has 2 aliphatic carbocycles. The van der Waals surface area contributed by atoms with Gasteiger partial charge >= 0.3 is 0 Å². The Morgan fingerprint density at radius 1 is 1.15 bits per heavy atom. The number of nitrogens with zero attached hydrogens (tertiary/aromatic N) is 1. The molecule has 118 valence electrons. The summed E-state index contributed by atoms with van der Waals surface area (Å²) in [6.07, 6.45) is 12.3. The molecule has 0 aromatic carbocycles. The highest BCUT2D eigenvalue weighted by molar-refractivity contribution is 4.98. The van der Waals surface area contributed by atoms with E-state index in [1.165, 1.54) is 57.8 Å². The average Bonchev–Trinajstić information content (AvgIpc) is 3.25.